The number of hydrogen-bond acceptors (Lipinski definition) is 3. The number of nitrogens with one attached hydrogen (secondary N) is 1. The average molecular weight is 297 g/mol. The summed E-state index contributed by atoms with van der Waals surface area (Å²) in [4.78, 5) is 11.8. The van der Waals surface area contributed by atoms with Crippen molar-refractivity contribution in [2.75, 3.05) is 6.54 Å². The van der Waals surface area contributed by atoms with Crippen LogP contribution in [0.2, 0.25) is 0 Å². The van der Waals surface area contributed by atoms with Crippen molar-refractivity contribution in [1.82, 2.24) is 15.1 Å². The van der Waals surface area contributed by atoms with Crippen molar-refractivity contribution in [2.45, 2.75) is 44.2 Å². The fourth-order valence-electron chi connectivity index (χ4n) is 3.23. The van der Waals surface area contributed by atoms with Crippen LogP contribution >= 0.6 is 0 Å². The first-order chi connectivity index (χ1) is 10.8. The van der Waals surface area contributed by atoms with E-state index in [1.165, 1.54) is 5.56 Å². The van der Waals surface area contributed by atoms with Crippen LogP contribution in [0.25, 0.3) is 0 Å². The summed E-state index contributed by atoms with van der Waals surface area (Å²) in [6.07, 6.45) is 7.05. The van der Waals surface area contributed by atoms with Crippen LogP contribution in [0, 0.1) is 0 Å². The van der Waals surface area contributed by atoms with Crippen molar-refractivity contribution in [3.63, 3.8) is 0 Å². The molecule has 0 radical (unpaired) electrons. The summed E-state index contributed by atoms with van der Waals surface area (Å²) in [5.41, 5.74) is 1.40. The molecule has 1 aliphatic rings. The fourth-order valence-corrected chi connectivity index (χ4v) is 3.23. The van der Waals surface area contributed by atoms with Crippen molar-refractivity contribution < 1.29 is 0 Å². The Hall–Kier alpha value is -1.94. The summed E-state index contributed by atoms with van der Waals surface area (Å²) in [6.45, 7) is 1.02. The zero-order valence-corrected chi connectivity index (χ0v) is 12.8. The SMILES string of the molecule is O=c1cccnn1C1CCC(NCCc2ccccc2)CC1. The maximum absolute atomic E-state index is 11.8. The summed E-state index contributed by atoms with van der Waals surface area (Å²) >= 11 is 0. The first kappa shape index (κ1) is 15.0. The Kier molecular flexibility index (Phi) is 5.01. The zero-order valence-electron chi connectivity index (χ0n) is 12.8. The average Bonchev–Trinajstić information content (AvgIpc) is 2.57. The highest BCUT2D eigenvalue weighted by atomic mass is 16.1. The van der Waals surface area contributed by atoms with E-state index in [9.17, 15) is 4.79 Å². The predicted octanol–water partition coefficient (Wildman–Crippen LogP) is 2.56. The lowest BCUT2D eigenvalue weighted by molar-refractivity contribution is 0.270. The Morgan fingerprint density at radius 1 is 1.05 bits per heavy atom. The van der Waals surface area contributed by atoms with Crippen molar-refractivity contribution >= 4 is 0 Å². The second-order valence-electron chi connectivity index (χ2n) is 6.00. The number of benzene rings is 1. The minimum Gasteiger partial charge on any atom is -0.314 e. The predicted molar refractivity (Wildman–Crippen MR) is 87.9 cm³/mol. The number of rotatable bonds is 5. The van der Waals surface area contributed by atoms with Crippen molar-refractivity contribution in [2.24, 2.45) is 0 Å². The van der Waals surface area contributed by atoms with Gasteiger partial charge in [0.1, 0.15) is 0 Å². The van der Waals surface area contributed by atoms with Crippen LogP contribution in [0.1, 0.15) is 37.3 Å². The third kappa shape index (κ3) is 3.83. The maximum atomic E-state index is 11.8. The minimum absolute atomic E-state index is 0.0167. The molecule has 1 saturated carbocycles. The van der Waals surface area contributed by atoms with E-state index in [1.807, 2.05) is 0 Å². The van der Waals surface area contributed by atoms with E-state index < -0.39 is 0 Å². The van der Waals surface area contributed by atoms with Crippen molar-refractivity contribution in [3.05, 3.63) is 64.6 Å². The third-order valence-corrected chi connectivity index (χ3v) is 4.47. The molecule has 3 rings (SSSR count). The van der Waals surface area contributed by atoms with E-state index in [2.05, 4.69) is 40.7 Å². The lowest BCUT2D eigenvalue weighted by Crippen LogP contribution is -2.37. The molecule has 0 unspecified atom stereocenters. The quantitative estimate of drug-likeness (QED) is 0.922. The Bertz CT molecular complexity index is 630. The Balaban J connectivity index is 1.44. The highest BCUT2D eigenvalue weighted by Crippen LogP contribution is 2.26. The molecule has 0 amide bonds. The largest absolute Gasteiger partial charge is 0.314 e. The summed E-state index contributed by atoms with van der Waals surface area (Å²) in [5.74, 6) is 0. The van der Waals surface area contributed by atoms with Gasteiger partial charge in [0, 0.05) is 18.3 Å². The van der Waals surface area contributed by atoms with E-state index in [1.54, 1.807) is 23.0 Å². The van der Waals surface area contributed by atoms with E-state index in [-0.39, 0.29) is 11.6 Å². The van der Waals surface area contributed by atoms with Crippen LogP contribution in [0.15, 0.2) is 53.5 Å². The van der Waals surface area contributed by atoms with Gasteiger partial charge in [-0.15, -0.1) is 0 Å². The summed E-state index contributed by atoms with van der Waals surface area (Å²) in [6, 6.07) is 14.7. The molecule has 1 aromatic heterocycles. The van der Waals surface area contributed by atoms with Gasteiger partial charge in [0.2, 0.25) is 0 Å². The summed E-state index contributed by atoms with van der Waals surface area (Å²) in [7, 11) is 0. The van der Waals surface area contributed by atoms with Gasteiger partial charge in [-0.3, -0.25) is 4.79 Å². The van der Waals surface area contributed by atoms with Gasteiger partial charge in [-0.25, -0.2) is 4.68 Å². The Labute approximate surface area is 131 Å². The van der Waals surface area contributed by atoms with Gasteiger partial charge < -0.3 is 5.32 Å². The van der Waals surface area contributed by atoms with Gasteiger partial charge >= 0.3 is 0 Å². The van der Waals surface area contributed by atoms with Crippen LogP contribution in [-0.2, 0) is 6.42 Å². The number of aromatic nitrogens is 2. The summed E-state index contributed by atoms with van der Waals surface area (Å²) < 4.78 is 1.65. The van der Waals surface area contributed by atoms with Gasteiger partial charge in [-0.1, -0.05) is 30.3 Å². The molecule has 1 heterocycles. The van der Waals surface area contributed by atoms with Crippen molar-refractivity contribution in [3.8, 4) is 0 Å². The highest BCUT2D eigenvalue weighted by Gasteiger charge is 2.22. The maximum Gasteiger partial charge on any atom is 0.266 e. The molecule has 4 nitrogen and oxygen atoms in total. The Morgan fingerprint density at radius 2 is 1.82 bits per heavy atom. The second kappa shape index (κ2) is 7.36. The first-order valence-corrected chi connectivity index (χ1v) is 8.14. The lowest BCUT2D eigenvalue weighted by Gasteiger charge is -2.29. The number of hydrogen-bond donors (Lipinski definition) is 1. The normalized spacial score (nSPS) is 21.6. The van der Waals surface area contributed by atoms with E-state index in [0.29, 0.717) is 6.04 Å². The van der Waals surface area contributed by atoms with Crippen LogP contribution in [-0.4, -0.2) is 22.4 Å². The van der Waals surface area contributed by atoms with Crippen LogP contribution in [0.4, 0.5) is 0 Å². The summed E-state index contributed by atoms with van der Waals surface area (Å²) in [5, 5.41) is 7.86. The van der Waals surface area contributed by atoms with Crippen LogP contribution < -0.4 is 10.9 Å². The smallest absolute Gasteiger partial charge is 0.266 e. The zero-order chi connectivity index (χ0) is 15.2. The molecule has 4 heteroatoms. The fraction of sp³-hybridized carbons (Fsp3) is 0.444. The molecule has 0 aliphatic heterocycles. The number of nitrogens with zero attached hydrogens (tertiary/aromatic N) is 2. The van der Waals surface area contributed by atoms with E-state index in [0.717, 1.165) is 38.6 Å². The molecule has 2 aromatic rings. The van der Waals surface area contributed by atoms with Crippen LogP contribution in [0.3, 0.4) is 0 Å². The highest BCUT2D eigenvalue weighted by molar-refractivity contribution is 5.14. The topological polar surface area (TPSA) is 46.9 Å². The van der Waals surface area contributed by atoms with Gasteiger partial charge in [0.25, 0.3) is 5.56 Å². The van der Waals surface area contributed by atoms with Gasteiger partial charge in [0.15, 0.2) is 0 Å². The molecule has 0 saturated heterocycles. The first-order valence-electron chi connectivity index (χ1n) is 8.14. The van der Waals surface area contributed by atoms with Crippen molar-refractivity contribution in [1.29, 1.82) is 0 Å². The molecular weight excluding hydrogens is 274 g/mol. The van der Waals surface area contributed by atoms with Gasteiger partial charge in [-0.05, 0) is 50.3 Å². The molecule has 22 heavy (non-hydrogen) atoms. The molecule has 0 atom stereocenters. The third-order valence-electron chi connectivity index (χ3n) is 4.47. The van der Waals surface area contributed by atoms with Crippen LogP contribution in [0.5, 0.6) is 0 Å². The standard InChI is InChI=1S/C18H23N3O/c22-18-7-4-13-20-21(18)17-10-8-16(9-11-17)19-14-12-15-5-2-1-3-6-15/h1-7,13,16-17,19H,8-12,14H2. The van der Waals surface area contributed by atoms with E-state index in [4.69, 9.17) is 0 Å². The molecule has 1 aromatic carbocycles. The molecular formula is C18H23N3O. The minimum atomic E-state index is 0.0167. The lowest BCUT2D eigenvalue weighted by atomic mass is 9.91. The molecule has 1 N–H and O–H groups in total. The van der Waals surface area contributed by atoms with Gasteiger partial charge in [-0.2, -0.15) is 5.10 Å². The molecule has 1 aliphatic carbocycles. The van der Waals surface area contributed by atoms with E-state index >= 15 is 0 Å². The molecule has 0 spiro atoms. The molecule has 0 bridgehead atoms. The molecule has 1 fully saturated rings. The molecule has 116 valence electrons. The van der Waals surface area contributed by atoms with Gasteiger partial charge in [0.05, 0.1) is 6.04 Å². The Morgan fingerprint density at radius 3 is 2.55 bits per heavy atom. The monoisotopic (exact) mass is 297 g/mol. The second-order valence-corrected chi connectivity index (χ2v) is 6.00.